The number of hydrogen-bond acceptors (Lipinski definition) is 3. The minimum absolute atomic E-state index is 0.466. The van der Waals surface area contributed by atoms with Crippen LogP contribution < -0.4 is 5.32 Å². The van der Waals surface area contributed by atoms with Crippen molar-refractivity contribution >= 4 is 22.6 Å². The van der Waals surface area contributed by atoms with Gasteiger partial charge in [-0.25, -0.2) is 0 Å². The van der Waals surface area contributed by atoms with Crippen molar-refractivity contribution < 1.29 is 13.2 Å². The van der Waals surface area contributed by atoms with Crippen LogP contribution in [-0.2, 0) is 6.18 Å². The van der Waals surface area contributed by atoms with E-state index in [9.17, 15) is 13.2 Å². The lowest BCUT2D eigenvalue weighted by Crippen LogP contribution is -2.10. The van der Waals surface area contributed by atoms with Gasteiger partial charge in [-0.2, -0.15) is 13.2 Å². The molecule has 92 valence electrons. The number of aryl methyl sites for hydroxylation is 1. The zero-order valence-corrected chi connectivity index (χ0v) is 9.95. The maximum absolute atomic E-state index is 12.5. The van der Waals surface area contributed by atoms with Gasteiger partial charge in [0.05, 0.1) is 12.1 Å². The van der Waals surface area contributed by atoms with Crippen molar-refractivity contribution in [3.05, 3.63) is 29.3 Å². The molecule has 1 aliphatic rings. The van der Waals surface area contributed by atoms with Crippen LogP contribution in [0.3, 0.4) is 0 Å². The second-order valence-electron chi connectivity index (χ2n) is 3.69. The van der Waals surface area contributed by atoms with Gasteiger partial charge in [0, 0.05) is 11.4 Å². The molecule has 1 N–H and O–H groups in total. The largest absolute Gasteiger partial charge is 0.416 e. The first-order chi connectivity index (χ1) is 7.97. The highest BCUT2D eigenvalue weighted by Gasteiger charge is 2.30. The summed E-state index contributed by atoms with van der Waals surface area (Å²) in [6.07, 6.45) is -4.31. The van der Waals surface area contributed by atoms with Crippen LogP contribution in [0.1, 0.15) is 11.1 Å². The molecule has 2 rings (SSSR count). The number of benzene rings is 1. The molecule has 0 amide bonds. The Balaban J connectivity index is 2.26. The summed E-state index contributed by atoms with van der Waals surface area (Å²) in [5.41, 5.74) is 0.593. The van der Waals surface area contributed by atoms with Crippen LogP contribution in [0.2, 0.25) is 0 Å². The minimum Gasteiger partial charge on any atom is -0.335 e. The first-order valence-electron chi connectivity index (χ1n) is 5.09. The van der Waals surface area contributed by atoms with E-state index >= 15 is 0 Å². The normalized spacial score (nSPS) is 15.9. The van der Waals surface area contributed by atoms with Crippen molar-refractivity contribution in [2.24, 2.45) is 4.99 Å². The molecule has 6 heteroatoms. The molecular formula is C11H11F3N2S. The summed E-state index contributed by atoms with van der Waals surface area (Å²) in [7, 11) is 0. The van der Waals surface area contributed by atoms with E-state index in [1.807, 2.05) is 0 Å². The van der Waals surface area contributed by atoms with Gasteiger partial charge < -0.3 is 5.32 Å². The maximum Gasteiger partial charge on any atom is 0.416 e. The number of hydrogen-bond donors (Lipinski definition) is 1. The summed E-state index contributed by atoms with van der Waals surface area (Å²) in [5.74, 6) is 0.875. The van der Waals surface area contributed by atoms with E-state index in [0.717, 1.165) is 23.4 Å². The fourth-order valence-electron chi connectivity index (χ4n) is 1.46. The van der Waals surface area contributed by atoms with Gasteiger partial charge in [-0.15, -0.1) is 0 Å². The lowest BCUT2D eigenvalue weighted by molar-refractivity contribution is -0.137. The van der Waals surface area contributed by atoms with E-state index in [4.69, 9.17) is 0 Å². The molecule has 0 unspecified atom stereocenters. The highest BCUT2D eigenvalue weighted by Crippen LogP contribution is 2.32. The number of anilines is 1. The Morgan fingerprint density at radius 3 is 2.71 bits per heavy atom. The lowest BCUT2D eigenvalue weighted by atomic mass is 10.1. The maximum atomic E-state index is 12.5. The van der Waals surface area contributed by atoms with E-state index in [0.29, 0.717) is 17.4 Å². The third-order valence-electron chi connectivity index (χ3n) is 2.39. The summed E-state index contributed by atoms with van der Waals surface area (Å²) in [4.78, 5) is 4.15. The van der Waals surface area contributed by atoms with Gasteiger partial charge in [-0.05, 0) is 24.6 Å². The van der Waals surface area contributed by atoms with Crippen LogP contribution in [0.25, 0.3) is 0 Å². The summed E-state index contributed by atoms with van der Waals surface area (Å²) < 4.78 is 37.6. The number of aliphatic imine (C=N–C) groups is 1. The summed E-state index contributed by atoms with van der Waals surface area (Å²) in [6.45, 7) is 2.48. The molecule has 0 radical (unpaired) electrons. The molecule has 2 nitrogen and oxygen atoms in total. The van der Waals surface area contributed by atoms with Crippen molar-refractivity contribution in [1.29, 1.82) is 0 Å². The van der Waals surface area contributed by atoms with Crippen LogP contribution in [0.4, 0.5) is 18.9 Å². The van der Waals surface area contributed by atoms with Gasteiger partial charge in [-0.3, -0.25) is 4.99 Å². The predicted octanol–water partition coefficient (Wildman–Crippen LogP) is 3.53. The quantitative estimate of drug-likeness (QED) is 0.835. The van der Waals surface area contributed by atoms with Gasteiger partial charge in [0.25, 0.3) is 0 Å². The molecule has 1 aromatic rings. The number of nitrogens with zero attached hydrogens (tertiary/aromatic N) is 1. The van der Waals surface area contributed by atoms with Crippen molar-refractivity contribution in [2.45, 2.75) is 13.1 Å². The summed E-state index contributed by atoms with van der Waals surface area (Å²) in [5, 5.41) is 3.62. The van der Waals surface area contributed by atoms with E-state index in [-0.39, 0.29) is 0 Å². The highest BCUT2D eigenvalue weighted by molar-refractivity contribution is 8.14. The van der Waals surface area contributed by atoms with Crippen LogP contribution in [0.5, 0.6) is 0 Å². The Morgan fingerprint density at radius 2 is 2.12 bits per heavy atom. The van der Waals surface area contributed by atoms with Crippen molar-refractivity contribution in [2.75, 3.05) is 17.6 Å². The van der Waals surface area contributed by atoms with Crippen LogP contribution in [-0.4, -0.2) is 17.5 Å². The molecule has 0 aromatic heterocycles. The smallest absolute Gasteiger partial charge is 0.335 e. The van der Waals surface area contributed by atoms with Crippen LogP contribution >= 0.6 is 11.8 Å². The number of rotatable bonds is 1. The number of nitrogens with one attached hydrogen (secondary N) is 1. The Kier molecular flexibility index (Phi) is 3.33. The second-order valence-corrected chi connectivity index (χ2v) is 4.77. The van der Waals surface area contributed by atoms with Crippen molar-refractivity contribution in [3.8, 4) is 0 Å². The fraction of sp³-hybridized carbons (Fsp3) is 0.364. The molecule has 0 fully saturated rings. The molecule has 17 heavy (non-hydrogen) atoms. The summed E-state index contributed by atoms with van der Waals surface area (Å²) in [6, 6.07) is 3.67. The van der Waals surface area contributed by atoms with Gasteiger partial charge >= 0.3 is 6.18 Å². The highest BCUT2D eigenvalue weighted by atomic mass is 32.2. The Hall–Kier alpha value is -1.17. The Bertz CT molecular complexity index is 455. The van der Waals surface area contributed by atoms with E-state index in [1.54, 1.807) is 6.92 Å². The Morgan fingerprint density at radius 1 is 1.35 bits per heavy atom. The monoisotopic (exact) mass is 260 g/mol. The molecule has 0 aliphatic carbocycles. The van der Waals surface area contributed by atoms with Gasteiger partial charge in [0.1, 0.15) is 0 Å². The third-order valence-corrected chi connectivity index (χ3v) is 3.28. The van der Waals surface area contributed by atoms with E-state index in [1.165, 1.54) is 17.8 Å². The SMILES string of the molecule is Cc1ccc(C(F)(F)F)cc1NC1=NCCS1. The Labute approximate surface area is 101 Å². The molecule has 1 aromatic carbocycles. The number of halogens is 3. The fourth-order valence-corrected chi connectivity index (χ4v) is 2.20. The van der Waals surface area contributed by atoms with Crippen LogP contribution in [0, 0.1) is 6.92 Å². The van der Waals surface area contributed by atoms with E-state index in [2.05, 4.69) is 10.3 Å². The molecule has 0 saturated heterocycles. The van der Waals surface area contributed by atoms with Crippen molar-refractivity contribution in [3.63, 3.8) is 0 Å². The number of thioether (sulfide) groups is 1. The topological polar surface area (TPSA) is 24.4 Å². The molecule has 0 atom stereocenters. The van der Waals surface area contributed by atoms with E-state index < -0.39 is 11.7 Å². The zero-order valence-electron chi connectivity index (χ0n) is 9.14. The molecule has 0 spiro atoms. The minimum atomic E-state index is -4.31. The molecular weight excluding hydrogens is 249 g/mol. The lowest BCUT2D eigenvalue weighted by Gasteiger charge is -2.12. The average Bonchev–Trinajstić information content (AvgIpc) is 2.72. The van der Waals surface area contributed by atoms with Gasteiger partial charge in [0.2, 0.25) is 0 Å². The van der Waals surface area contributed by atoms with Gasteiger partial charge in [-0.1, -0.05) is 17.8 Å². The molecule has 1 aliphatic heterocycles. The van der Waals surface area contributed by atoms with Gasteiger partial charge in [0.15, 0.2) is 5.17 Å². The molecule has 0 saturated carbocycles. The average molecular weight is 260 g/mol. The summed E-state index contributed by atoms with van der Waals surface area (Å²) >= 11 is 1.52. The number of alkyl halides is 3. The first kappa shape index (κ1) is 12.3. The van der Waals surface area contributed by atoms with Crippen LogP contribution in [0.15, 0.2) is 23.2 Å². The van der Waals surface area contributed by atoms with Crippen molar-refractivity contribution in [1.82, 2.24) is 0 Å². The molecule has 1 heterocycles. The first-order valence-corrected chi connectivity index (χ1v) is 6.07. The third kappa shape index (κ3) is 2.94. The number of amidine groups is 1. The predicted molar refractivity (Wildman–Crippen MR) is 64.6 cm³/mol. The standard InChI is InChI=1S/C11H11F3N2S/c1-7-2-3-8(11(12,13)14)6-9(7)16-10-15-4-5-17-10/h2-3,6H,4-5H2,1H3,(H,15,16). The second kappa shape index (κ2) is 4.60. The zero-order chi connectivity index (χ0) is 12.5. The molecule has 0 bridgehead atoms.